The lowest BCUT2D eigenvalue weighted by Crippen LogP contribution is -1.76. The first-order valence-corrected chi connectivity index (χ1v) is 3.05. The maximum absolute atomic E-state index is 5.20. The van der Waals surface area contributed by atoms with E-state index in [-0.39, 0.29) is 0 Å². The molecule has 0 aliphatic carbocycles. The third kappa shape index (κ3) is 2.66. The first-order valence-electron chi connectivity index (χ1n) is 2.17. The van der Waals surface area contributed by atoms with Crippen LogP contribution < -0.4 is 5.14 Å². The van der Waals surface area contributed by atoms with E-state index in [4.69, 9.17) is 5.14 Å². The SMILES string of the molecule is C=C/C=C(\C=C)SN. The monoisotopic (exact) mass is 127 g/mol. The molecule has 0 atom stereocenters. The fraction of sp³-hybridized carbons (Fsp3) is 0. The maximum Gasteiger partial charge on any atom is 0.0219 e. The van der Waals surface area contributed by atoms with Crippen molar-refractivity contribution in [1.82, 2.24) is 0 Å². The predicted molar refractivity (Wildman–Crippen MR) is 40.3 cm³/mol. The summed E-state index contributed by atoms with van der Waals surface area (Å²) >= 11 is 1.17. The minimum Gasteiger partial charge on any atom is -0.274 e. The van der Waals surface area contributed by atoms with Crippen molar-refractivity contribution in [2.24, 2.45) is 5.14 Å². The second-order valence-electron chi connectivity index (χ2n) is 1.13. The molecule has 44 valence electrons. The van der Waals surface area contributed by atoms with E-state index in [0.717, 1.165) is 4.91 Å². The van der Waals surface area contributed by atoms with Crippen molar-refractivity contribution < 1.29 is 0 Å². The molecular formula is C6H9NS. The van der Waals surface area contributed by atoms with Crippen molar-refractivity contribution in [1.29, 1.82) is 0 Å². The summed E-state index contributed by atoms with van der Waals surface area (Å²) in [5.74, 6) is 0. The van der Waals surface area contributed by atoms with Crippen LogP contribution in [-0.4, -0.2) is 0 Å². The van der Waals surface area contributed by atoms with Crippen molar-refractivity contribution in [3.05, 3.63) is 36.3 Å². The standard InChI is InChI=1S/C6H9NS/c1-3-5-6(4-2)8-7/h3-5H,1-2,7H2/b6-5+. The van der Waals surface area contributed by atoms with E-state index >= 15 is 0 Å². The van der Waals surface area contributed by atoms with Gasteiger partial charge in [0.15, 0.2) is 0 Å². The van der Waals surface area contributed by atoms with Gasteiger partial charge in [0.05, 0.1) is 0 Å². The summed E-state index contributed by atoms with van der Waals surface area (Å²) in [6, 6.07) is 0. The Kier molecular flexibility index (Phi) is 4.41. The molecule has 0 saturated carbocycles. The van der Waals surface area contributed by atoms with Crippen LogP contribution in [0.25, 0.3) is 0 Å². The quantitative estimate of drug-likeness (QED) is 0.462. The highest BCUT2D eigenvalue weighted by Crippen LogP contribution is 2.07. The van der Waals surface area contributed by atoms with Crippen molar-refractivity contribution in [3.63, 3.8) is 0 Å². The number of hydrogen-bond acceptors (Lipinski definition) is 2. The van der Waals surface area contributed by atoms with Crippen molar-refractivity contribution in [2.75, 3.05) is 0 Å². The zero-order valence-electron chi connectivity index (χ0n) is 4.63. The van der Waals surface area contributed by atoms with Crippen molar-refractivity contribution in [3.8, 4) is 0 Å². The van der Waals surface area contributed by atoms with Crippen LogP contribution in [0.3, 0.4) is 0 Å². The zero-order valence-corrected chi connectivity index (χ0v) is 5.45. The number of allylic oxidation sites excluding steroid dienone is 3. The Bertz CT molecular complexity index is 116. The average Bonchev–Trinajstić information content (AvgIpc) is 1.83. The van der Waals surface area contributed by atoms with Crippen molar-refractivity contribution in [2.45, 2.75) is 0 Å². The average molecular weight is 127 g/mol. The lowest BCUT2D eigenvalue weighted by molar-refractivity contribution is 1.88. The molecule has 0 saturated heterocycles. The van der Waals surface area contributed by atoms with Crippen LogP contribution in [-0.2, 0) is 0 Å². The first kappa shape index (κ1) is 7.53. The van der Waals surface area contributed by atoms with Gasteiger partial charge in [-0.25, -0.2) is 0 Å². The number of hydrogen-bond donors (Lipinski definition) is 1. The smallest absolute Gasteiger partial charge is 0.0219 e. The van der Waals surface area contributed by atoms with Crippen LogP contribution in [0.1, 0.15) is 0 Å². The molecule has 0 bridgehead atoms. The van der Waals surface area contributed by atoms with Gasteiger partial charge in [0, 0.05) is 4.91 Å². The molecule has 0 heterocycles. The summed E-state index contributed by atoms with van der Waals surface area (Å²) in [5, 5.41) is 5.20. The van der Waals surface area contributed by atoms with Crippen molar-refractivity contribution >= 4 is 11.9 Å². The highest BCUT2D eigenvalue weighted by Gasteiger charge is 1.80. The summed E-state index contributed by atoms with van der Waals surface area (Å²) in [6.07, 6.45) is 5.17. The molecule has 1 nitrogen and oxygen atoms in total. The van der Waals surface area contributed by atoms with Crippen LogP contribution in [0.2, 0.25) is 0 Å². The van der Waals surface area contributed by atoms with Gasteiger partial charge in [-0.3, -0.25) is 5.14 Å². The van der Waals surface area contributed by atoms with Gasteiger partial charge in [-0.1, -0.05) is 25.3 Å². The third-order valence-electron chi connectivity index (χ3n) is 0.619. The normalized spacial score (nSPS) is 10.9. The van der Waals surface area contributed by atoms with Gasteiger partial charge in [-0.05, 0) is 18.0 Å². The molecule has 8 heavy (non-hydrogen) atoms. The molecule has 0 unspecified atom stereocenters. The van der Waals surface area contributed by atoms with Gasteiger partial charge >= 0.3 is 0 Å². The van der Waals surface area contributed by atoms with Gasteiger partial charge in [-0.15, -0.1) is 0 Å². The Labute approximate surface area is 54.1 Å². The van der Waals surface area contributed by atoms with Gasteiger partial charge < -0.3 is 0 Å². The van der Waals surface area contributed by atoms with Gasteiger partial charge in [0.1, 0.15) is 0 Å². The molecule has 0 aliphatic rings. The van der Waals surface area contributed by atoms with Crippen LogP contribution in [0.5, 0.6) is 0 Å². The lowest BCUT2D eigenvalue weighted by atomic mass is 10.5. The summed E-state index contributed by atoms with van der Waals surface area (Å²) < 4.78 is 0. The highest BCUT2D eigenvalue weighted by molar-refractivity contribution is 8.01. The maximum atomic E-state index is 5.20. The molecule has 2 N–H and O–H groups in total. The van der Waals surface area contributed by atoms with Crippen LogP contribution in [0, 0.1) is 0 Å². The topological polar surface area (TPSA) is 26.0 Å². The molecule has 0 aromatic heterocycles. The second kappa shape index (κ2) is 4.68. The molecule has 0 aromatic carbocycles. The Morgan fingerprint density at radius 2 is 2.12 bits per heavy atom. The van der Waals surface area contributed by atoms with E-state index in [1.807, 2.05) is 0 Å². The highest BCUT2D eigenvalue weighted by atomic mass is 32.2. The number of nitrogens with two attached hydrogens (primary N) is 1. The summed E-state index contributed by atoms with van der Waals surface area (Å²) in [4.78, 5) is 0.931. The van der Waals surface area contributed by atoms with E-state index in [9.17, 15) is 0 Å². The number of rotatable bonds is 3. The zero-order chi connectivity index (χ0) is 6.41. The van der Waals surface area contributed by atoms with E-state index in [2.05, 4.69) is 13.2 Å². The largest absolute Gasteiger partial charge is 0.274 e. The summed E-state index contributed by atoms with van der Waals surface area (Å²) in [6.45, 7) is 7.04. The van der Waals surface area contributed by atoms with E-state index in [0.29, 0.717) is 0 Å². The van der Waals surface area contributed by atoms with Crippen LogP contribution >= 0.6 is 11.9 Å². The van der Waals surface area contributed by atoms with Gasteiger partial charge in [0.25, 0.3) is 0 Å². The Morgan fingerprint density at radius 3 is 2.25 bits per heavy atom. The summed E-state index contributed by atoms with van der Waals surface area (Å²) in [7, 11) is 0. The molecule has 0 spiro atoms. The van der Waals surface area contributed by atoms with Gasteiger partial charge in [-0.2, -0.15) is 0 Å². The molecule has 0 aromatic rings. The van der Waals surface area contributed by atoms with Crippen LogP contribution in [0.15, 0.2) is 36.3 Å². The summed E-state index contributed by atoms with van der Waals surface area (Å²) in [5.41, 5.74) is 0. The van der Waals surface area contributed by atoms with Gasteiger partial charge in [0.2, 0.25) is 0 Å². The molecule has 0 rings (SSSR count). The molecule has 2 heteroatoms. The van der Waals surface area contributed by atoms with E-state index < -0.39 is 0 Å². The molecule has 0 radical (unpaired) electrons. The lowest BCUT2D eigenvalue weighted by Gasteiger charge is -1.88. The molecule has 0 fully saturated rings. The second-order valence-corrected chi connectivity index (χ2v) is 1.83. The fourth-order valence-electron chi connectivity index (χ4n) is 0.272. The Balaban J connectivity index is 3.84. The molecule has 0 amide bonds. The van der Waals surface area contributed by atoms with Crippen LogP contribution in [0.4, 0.5) is 0 Å². The molecular weight excluding hydrogens is 118 g/mol. The first-order chi connectivity index (χ1) is 3.85. The van der Waals surface area contributed by atoms with E-state index in [1.54, 1.807) is 18.2 Å². The minimum absolute atomic E-state index is 0.931. The Hall–Kier alpha value is -0.470. The Morgan fingerprint density at radius 1 is 1.50 bits per heavy atom. The third-order valence-corrected chi connectivity index (χ3v) is 1.19. The fourth-order valence-corrected chi connectivity index (χ4v) is 0.543. The van der Waals surface area contributed by atoms with E-state index in [1.165, 1.54) is 11.9 Å². The predicted octanol–water partition coefficient (Wildman–Crippen LogP) is 1.85. The minimum atomic E-state index is 0.931. The molecule has 0 aliphatic heterocycles.